The molecule has 0 spiro atoms. The van der Waals surface area contributed by atoms with Crippen molar-refractivity contribution in [3.8, 4) is 0 Å². The fourth-order valence-corrected chi connectivity index (χ4v) is 10.2. The van der Waals surface area contributed by atoms with Crippen LogP contribution in [0, 0.1) is 0 Å². The van der Waals surface area contributed by atoms with Crippen molar-refractivity contribution in [2.75, 3.05) is 13.2 Å². The number of ether oxygens (including phenoxy) is 3. The molecule has 0 saturated heterocycles. The summed E-state index contributed by atoms with van der Waals surface area (Å²) in [4.78, 5) is 38.4. The first-order valence-electron chi connectivity index (χ1n) is 34.1. The predicted octanol–water partition coefficient (Wildman–Crippen LogP) is 23.3. The van der Waals surface area contributed by atoms with Crippen molar-refractivity contribution in [3.63, 3.8) is 0 Å². The van der Waals surface area contributed by atoms with Crippen molar-refractivity contribution < 1.29 is 28.6 Å². The minimum Gasteiger partial charge on any atom is -0.462 e. The van der Waals surface area contributed by atoms with Gasteiger partial charge in [-0.05, 0) is 83.5 Å². The van der Waals surface area contributed by atoms with Gasteiger partial charge < -0.3 is 14.2 Å². The molecule has 6 nitrogen and oxygen atoms in total. The minimum atomic E-state index is -0.777. The van der Waals surface area contributed by atoms with Crippen LogP contribution in [0.15, 0.2) is 48.6 Å². The maximum Gasteiger partial charge on any atom is 0.306 e. The molecule has 0 saturated carbocycles. The van der Waals surface area contributed by atoms with Gasteiger partial charge >= 0.3 is 17.9 Å². The van der Waals surface area contributed by atoms with Crippen LogP contribution in [0.3, 0.4) is 0 Å². The Hall–Kier alpha value is -2.63. The van der Waals surface area contributed by atoms with Gasteiger partial charge in [0.15, 0.2) is 6.10 Å². The zero-order valence-electron chi connectivity index (χ0n) is 51.7. The van der Waals surface area contributed by atoms with E-state index in [0.29, 0.717) is 19.3 Å². The highest BCUT2D eigenvalue weighted by molar-refractivity contribution is 5.71. The summed E-state index contributed by atoms with van der Waals surface area (Å²) < 4.78 is 17.0. The molecule has 1 unspecified atom stereocenters. The molecule has 0 bridgehead atoms. The molecule has 0 aliphatic carbocycles. The van der Waals surface area contributed by atoms with Crippen molar-refractivity contribution in [2.24, 2.45) is 0 Å². The summed E-state index contributed by atoms with van der Waals surface area (Å²) in [5, 5.41) is 0. The molecule has 0 radical (unpaired) electrons. The van der Waals surface area contributed by atoms with E-state index in [1.165, 1.54) is 250 Å². The number of hydrogen-bond donors (Lipinski definition) is 0. The molecule has 0 amide bonds. The monoisotopic (exact) mass is 1080 g/mol. The van der Waals surface area contributed by atoms with Crippen molar-refractivity contribution in [1.29, 1.82) is 0 Å². The zero-order valence-corrected chi connectivity index (χ0v) is 51.7. The second-order valence-electron chi connectivity index (χ2n) is 23.1. The van der Waals surface area contributed by atoms with Crippen molar-refractivity contribution >= 4 is 17.9 Å². The van der Waals surface area contributed by atoms with Crippen LogP contribution in [0.4, 0.5) is 0 Å². The number of hydrogen-bond acceptors (Lipinski definition) is 6. The van der Waals surface area contributed by atoms with E-state index in [1.807, 2.05) is 0 Å². The van der Waals surface area contributed by atoms with Crippen LogP contribution in [0.1, 0.15) is 367 Å². The molecular formula is C71H130O6. The Morgan fingerprint density at radius 2 is 0.468 bits per heavy atom. The van der Waals surface area contributed by atoms with Gasteiger partial charge in [0, 0.05) is 19.3 Å². The Morgan fingerprint density at radius 1 is 0.260 bits per heavy atom. The lowest BCUT2D eigenvalue weighted by atomic mass is 10.0. The highest BCUT2D eigenvalue weighted by Crippen LogP contribution is 2.18. The lowest BCUT2D eigenvalue weighted by molar-refractivity contribution is -0.167. The second kappa shape index (κ2) is 65.9. The standard InChI is InChI=1S/C71H130O6/c1-4-7-10-13-16-19-22-25-28-31-33-34-35-36-37-38-39-41-43-46-49-52-55-58-61-64-70(73)76-67-68(66-75-69(72)63-60-57-54-51-48-45-42-30-27-24-21-18-15-12-9-6-3)77-71(74)65-62-59-56-53-50-47-44-40-32-29-26-23-20-17-14-11-8-5-2/h22,25,30-31,33,35-36,42,68H,4-21,23-24,26-29,32,34,37-41,43-67H2,1-3H3/b25-22-,33-31-,36-35-,42-30-. The molecule has 0 aromatic rings. The van der Waals surface area contributed by atoms with E-state index < -0.39 is 6.10 Å². The van der Waals surface area contributed by atoms with Crippen LogP contribution in [0.5, 0.6) is 0 Å². The maximum atomic E-state index is 12.9. The Kier molecular flexibility index (Phi) is 63.6. The quantitative estimate of drug-likeness (QED) is 0.0261. The summed E-state index contributed by atoms with van der Waals surface area (Å²) in [6, 6.07) is 0. The molecule has 77 heavy (non-hydrogen) atoms. The smallest absolute Gasteiger partial charge is 0.306 e. The molecule has 0 heterocycles. The van der Waals surface area contributed by atoms with E-state index in [4.69, 9.17) is 14.2 Å². The van der Waals surface area contributed by atoms with Crippen LogP contribution in [0.25, 0.3) is 0 Å². The van der Waals surface area contributed by atoms with Crippen LogP contribution >= 0.6 is 0 Å². The summed E-state index contributed by atoms with van der Waals surface area (Å²) in [7, 11) is 0. The molecule has 0 aliphatic rings. The molecule has 0 aromatic heterocycles. The Labute approximate surface area is 479 Å². The van der Waals surface area contributed by atoms with Gasteiger partial charge in [-0.25, -0.2) is 0 Å². The van der Waals surface area contributed by atoms with E-state index in [0.717, 1.165) is 77.0 Å². The van der Waals surface area contributed by atoms with Crippen LogP contribution < -0.4 is 0 Å². The number of carbonyl (C=O) groups is 3. The summed E-state index contributed by atoms with van der Waals surface area (Å²) in [5.41, 5.74) is 0. The van der Waals surface area contributed by atoms with Gasteiger partial charge in [0.05, 0.1) is 0 Å². The van der Waals surface area contributed by atoms with Crippen LogP contribution in [0.2, 0.25) is 0 Å². The summed E-state index contributed by atoms with van der Waals surface area (Å²) in [5.74, 6) is -0.860. The number of unbranched alkanes of at least 4 members (excludes halogenated alkanes) is 44. The average Bonchev–Trinajstić information content (AvgIpc) is 3.43. The number of rotatable bonds is 63. The molecule has 6 heteroatoms. The Morgan fingerprint density at radius 3 is 0.740 bits per heavy atom. The largest absolute Gasteiger partial charge is 0.462 e. The third-order valence-electron chi connectivity index (χ3n) is 15.3. The van der Waals surface area contributed by atoms with E-state index in [1.54, 1.807) is 0 Å². The normalized spacial score (nSPS) is 12.3. The number of esters is 3. The van der Waals surface area contributed by atoms with E-state index >= 15 is 0 Å². The first-order valence-corrected chi connectivity index (χ1v) is 34.1. The third kappa shape index (κ3) is 64.1. The van der Waals surface area contributed by atoms with Gasteiger partial charge in [0.2, 0.25) is 0 Å². The van der Waals surface area contributed by atoms with E-state index in [9.17, 15) is 14.4 Å². The van der Waals surface area contributed by atoms with E-state index in [-0.39, 0.29) is 31.1 Å². The second-order valence-corrected chi connectivity index (χ2v) is 23.1. The van der Waals surface area contributed by atoms with Crippen LogP contribution in [-0.4, -0.2) is 37.2 Å². The van der Waals surface area contributed by atoms with Gasteiger partial charge in [0.1, 0.15) is 13.2 Å². The lowest BCUT2D eigenvalue weighted by Gasteiger charge is -2.18. The zero-order chi connectivity index (χ0) is 55.7. The molecule has 0 fully saturated rings. The highest BCUT2D eigenvalue weighted by atomic mass is 16.6. The maximum absolute atomic E-state index is 12.9. The molecule has 0 aromatic carbocycles. The highest BCUT2D eigenvalue weighted by Gasteiger charge is 2.19. The molecular weight excluding hydrogens is 949 g/mol. The summed E-state index contributed by atoms with van der Waals surface area (Å²) >= 11 is 0. The lowest BCUT2D eigenvalue weighted by Crippen LogP contribution is -2.30. The van der Waals surface area contributed by atoms with Gasteiger partial charge in [-0.2, -0.15) is 0 Å². The molecule has 450 valence electrons. The summed E-state index contributed by atoms with van der Waals surface area (Å²) in [6.45, 7) is 6.68. The van der Waals surface area contributed by atoms with Gasteiger partial charge in [-0.15, -0.1) is 0 Å². The van der Waals surface area contributed by atoms with Crippen molar-refractivity contribution in [1.82, 2.24) is 0 Å². The van der Waals surface area contributed by atoms with Gasteiger partial charge in [-0.1, -0.05) is 313 Å². The molecule has 0 N–H and O–H groups in total. The Balaban J connectivity index is 4.31. The number of allylic oxidation sites excluding steroid dienone is 8. The van der Waals surface area contributed by atoms with Crippen LogP contribution in [-0.2, 0) is 28.6 Å². The van der Waals surface area contributed by atoms with Crippen molar-refractivity contribution in [3.05, 3.63) is 48.6 Å². The summed E-state index contributed by atoms with van der Waals surface area (Å²) in [6.07, 6.45) is 82.6. The molecule has 0 aliphatic heterocycles. The first-order chi connectivity index (χ1) is 38.0. The first kappa shape index (κ1) is 74.4. The van der Waals surface area contributed by atoms with Gasteiger partial charge in [-0.3, -0.25) is 14.4 Å². The van der Waals surface area contributed by atoms with Gasteiger partial charge in [0.25, 0.3) is 0 Å². The molecule has 0 rings (SSSR count). The number of carbonyl (C=O) groups excluding carboxylic acids is 3. The van der Waals surface area contributed by atoms with E-state index in [2.05, 4.69) is 69.4 Å². The van der Waals surface area contributed by atoms with Crippen molar-refractivity contribution in [2.45, 2.75) is 374 Å². The Bertz CT molecular complexity index is 1330. The third-order valence-corrected chi connectivity index (χ3v) is 15.3. The minimum absolute atomic E-state index is 0.0739. The topological polar surface area (TPSA) is 78.9 Å². The predicted molar refractivity (Wildman–Crippen MR) is 335 cm³/mol. The average molecular weight is 1080 g/mol. The fraction of sp³-hybridized carbons (Fsp3) is 0.845. The molecule has 1 atom stereocenters. The SMILES string of the molecule is CCCCCCC/C=C\C/C=C\C/C=C\CCCCCCCCCCCCC(=O)OCC(COC(=O)CCCCCCC/C=C\CCCCCCCCC)OC(=O)CCCCCCCCCCCCCCCCCCCC. The fourth-order valence-electron chi connectivity index (χ4n) is 10.2.